The largest absolute Gasteiger partial charge is 0.0617 e. The molecule has 0 spiro atoms. The van der Waals surface area contributed by atoms with Crippen molar-refractivity contribution in [1.29, 1.82) is 0 Å². The average Bonchev–Trinajstić information content (AvgIpc) is 2.05. The third kappa shape index (κ3) is 2.50. The van der Waals surface area contributed by atoms with Crippen LogP contribution in [0.25, 0.3) is 0 Å². The normalized spacial score (nSPS) is 24.0. The fraction of sp³-hybridized carbons (Fsp3) is 0.909. The van der Waals surface area contributed by atoms with E-state index in [1.165, 1.54) is 32.1 Å². The first-order chi connectivity index (χ1) is 5.22. The molecule has 65 valence electrons. The van der Waals surface area contributed by atoms with Crippen molar-refractivity contribution < 1.29 is 0 Å². The highest BCUT2D eigenvalue weighted by atomic mass is 14.3. The van der Waals surface area contributed by atoms with Gasteiger partial charge < -0.3 is 0 Å². The molecule has 1 rings (SSSR count). The fourth-order valence-electron chi connectivity index (χ4n) is 2.11. The van der Waals surface area contributed by atoms with Crippen molar-refractivity contribution in [2.45, 2.75) is 52.9 Å². The second-order valence-electron chi connectivity index (χ2n) is 4.26. The van der Waals surface area contributed by atoms with E-state index in [2.05, 4.69) is 20.8 Å². The Morgan fingerprint density at radius 3 is 2.09 bits per heavy atom. The summed E-state index contributed by atoms with van der Waals surface area (Å²) in [6.07, 6.45) is 7.38. The SMILES string of the molecule is C[C](C)C(C)C1CCCCC1. The van der Waals surface area contributed by atoms with Gasteiger partial charge in [0, 0.05) is 0 Å². The molecule has 0 N–H and O–H groups in total. The first kappa shape index (κ1) is 9.09. The summed E-state index contributed by atoms with van der Waals surface area (Å²) in [5, 5.41) is 0. The molecule has 1 unspecified atom stereocenters. The van der Waals surface area contributed by atoms with Crippen LogP contribution in [0, 0.1) is 17.8 Å². The van der Waals surface area contributed by atoms with Gasteiger partial charge in [-0.15, -0.1) is 0 Å². The first-order valence-electron chi connectivity index (χ1n) is 5.02. The average molecular weight is 153 g/mol. The molecule has 0 aromatic rings. The van der Waals surface area contributed by atoms with E-state index in [0.717, 1.165) is 11.8 Å². The molecule has 0 aliphatic heterocycles. The molecule has 1 fully saturated rings. The second-order valence-corrected chi connectivity index (χ2v) is 4.26. The van der Waals surface area contributed by atoms with Gasteiger partial charge in [0.05, 0.1) is 0 Å². The topological polar surface area (TPSA) is 0 Å². The van der Waals surface area contributed by atoms with Crippen molar-refractivity contribution in [1.82, 2.24) is 0 Å². The number of hydrogen-bond acceptors (Lipinski definition) is 0. The third-order valence-electron chi connectivity index (χ3n) is 3.27. The lowest BCUT2D eigenvalue weighted by atomic mass is 9.76. The molecule has 1 atom stereocenters. The van der Waals surface area contributed by atoms with E-state index in [9.17, 15) is 0 Å². The smallest absolute Gasteiger partial charge is 0.0272 e. The minimum absolute atomic E-state index is 0.871. The predicted octanol–water partition coefficient (Wildman–Crippen LogP) is 3.82. The Labute approximate surface area is 71.4 Å². The summed E-state index contributed by atoms with van der Waals surface area (Å²) in [6.45, 7) is 6.95. The maximum Gasteiger partial charge on any atom is -0.0272 e. The van der Waals surface area contributed by atoms with Crippen LogP contribution in [0.15, 0.2) is 0 Å². The minimum atomic E-state index is 0.871. The summed E-state index contributed by atoms with van der Waals surface area (Å²) >= 11 is 0. The van der Waals surface area contributed by atoms with E-state index >= 15 is 0 Å². The van der Waals surface area contributed by atoms with Gasteiger partial charge in [-0.05, 0) is 17.8 Å². The molecule has 0 aromatic carbocycles. The lowest BCUT2D eigenvalue weighted by molar-refractivity contribution is 0.273. The molecule has 0 nitrogen and oxygen atoms in total. The Morgan fingerprint density at radius 2 is 1.64 bits per heavy atom. The monoisotopic (exact) mass is 153 g/mol. The van der Waals surface area contributed by atoms with Crippen molar-refractivity contribution in [2.24, 2.45) is 11.8 Å². The lowest BCUT2D eigenvalue weighted by Crippen LogP contribution is -2.18. The lowest BCUT2D eigenvalue weighted by Gasteiger charge is -2.29. The van der Waals surface area contributed by atoms with Crippen molar-refractivity contribution in [3.63, 3.8) is 0 Å². The molecule has 11 heavy (non-hydrogen) atoms. The maximum absolute atomic E-state index is 2.39. The van der Waals surface area contributed by atoms with Crippen LogP contribution in [0.3, 0.4) is 0 Å². The summed E-state index contributed by atoms with van der Waals surface area (Å²) in [5.41, 5.74) is 0. The van der Waals surface area contributed by atoms with Gasteiger partial charge >= 0.3 is 0 Å². The molecule has 1 aliphatic carbocycles. The van der Waals surface area contributed by atoms with Gasteiger partial charge in [-0.25, -0.2) is 0 Å². The van der Waals surface area contributed by atoms with Crippen LogP contribution >= 0.6 is 0 Å². The minimum Gasteiger partial charge on any atom is -0.0617 e. The number of hydrogen-bond donors (Lipinski definition) is 0. The van der Waals surface area contributed by atoms with Crippen LogP contribution in [0.4, 0.5) is 0 Å². The molecule has 0 amide bonds. The van der Waals surface area contributed by atoms with E-state index < -0.39 is 0 Å². The zero-order valence-electron chi connectivity index (χ0n) is 8.19. The molecule has 1 saturated carbocycles. The Bertz CT molecular complexity index is 98.6. The molecule has 1 radical (unpaired) electrons. The van der Waals surface area contributed by atoms with Crippen LogP contribution < -0.4 is 0 Å². The zero-order valence-corrected chi connectivity index (χ0v) is 8.19. The van der Waals surface area contributed by atoms with E-state index in [-0.39, 0.29) is 0 Å². The maximum atomic E-state index is 2.39. The van der Waals surface area contributed by atoms with Gasteiger partial charge in [0.2, 0.25) is 0 Å². The summed E-state index contributed by atoms with van der Waals surface area (Å²) in [7, 11) is 0. The Balaban J connectivity index is 2.32. The second kappa shape index (κ2) is 4.13. The first-order valence-corrected chi connectivity index (χ1v) is 5.02. The highest BCUT2D eigenvalue weighted by Crippen LogP contribution is 2.33. The molecule has 0 aromatic heterocycles. The quantitative estimate of drug-likeness (QED) is 0.566. The van der Waals surface area contributed by atoms with Crippen molar-refractivity contribution in [3.8, 4) is 0 Å². The van der Waals surface area contributed by atoms with E-state index in [1.54, 1.807) is 5.92 Å². The Morgan fingerprint density at radius 1 is 1.09 bits per heavy atom. The van der Waals surface area contributed by atoms with Crippen LogP contribution in [-0.2, 0) is 0 Å². The number of rotatable bonds is 2. The summed E-state index contributed by atoms with van der Waals surface area (Å²) in [4.78, 5) is 0. The Kier molecular flexibility index (Phi) is 3.42. The van der Waals surface area contributed by atoms with Crippen molar-refractivity contribution in [3.05, 3.63) is 5.92 Å². The van der Waals surface area contributed by atoms with Gasteiger partial charge in [-0.1, -0.05) is 52.9 Å². The predicted molar refractivity (Wildman–Crippen MR) is 50.3 cm³/mol. The van der Waals surface area contributed by atoms with Crippen LogP contribution in [0.1, 0.15) is 52.9 Å². The molecular weight excluding hydrogens is 132 g/mol. The highest BCUT2D eigenvalue weighted by Gasteiger charge is 2.21. The Hall–Kier alpha value is 0. The molecule has 0 bridgehead atoms. The summed E-state index contributed by atoms with van der Waals surface area (Å²) in [6, 6.07) is 0. The summed E-state index contributed by atoms with van der Waals surface area (Å²) < 4.78 is 0. The molecular formula is C11H21. The van der Waals surface area contributed by atoms with Crippen molar-refractivity contribution >= 4 is 0 Å². The zero-order chi connectivity index (χ0) is 8.27. The van der Waals surface area contributed by atoms with Gasteiger partial charge in [0.25, 0.3) is 0 Å². The van der Waals surface area contributed by atoms with Gasteiger partial charge in [0.1, 0.15) is 0 Å². The highest BCUT2D eigenvalue weighted by molar-refractivity contribution is 4.89. The van der Waals surface area contributed by atoms with Crippen LogP contribution in [0.2, 0.25) is 0 Å². The summed E-state index contributed by atoms with van der Waals surface area (Å²) in [5.74, 6) is 3.50. The van der Waals surface area contributed by atoms with Gasteiger partial charge in [-0.2, -0.15) is 0 Å². The van der Waals surface area contributed by atoms with Crippen LogP contribution in [-0.4, -0.2) is 0 Å². The third-order valence-corrected chi connectivity index (χ3v) is 3.27. The van der Waals surface area contributed by atoms with Crippen LogP contribution in [0.5, 0.6) is 0 Å². The molecule has 0 saturated heterocycles. The fourth-order valence-corrected chi connectivity index (χ4v) is 2.11. The van der Waals surface area contributed by atoms with Crippen molar-refractivity contribution in [2.75, 3.05) is 0 Å². The van der Waals surface area contributed by atoms with E-state index in [4.69, 9.17) is 0 Å². The molecule has 0 heteroatoms. The molecule has 0 heterocycles. The van der Waals surface area contributed by atoms with Gasteiger partial charge in [-0.3, -0.25) is 0 Å². The van der Waals surface area contributed by atoms with Gasteiger partial charge in [0.15, 0.2) is 0 Å². The van der Waals surface area contributed by atoms with E-state index in [0.29, 0.717) is 0 Å². The standard InChI is InChI=1S/C11H21/c1-9(2)10(3)11-7-5-4-6-8-11/h10-11H,4-8H2,1-3H3. The molecule has 1 aliphatic rings. The van der Waals surface area contributed by atoms with E-state index in [1.807, 2.05) is 0 Å².